The Morgan fingerprint density at radius 3 is 2.26 bits per heavy atom. The van der Waals surface area contributed by atoms with Crippen molar-refractivity contribution in [1.82, 2.24) is 0 Å². The molecule has 164 valence electrons. The fourth-order valence-electron chi connectivity index (χ4n) is 3.17. The lowest BCUT2D eigenvalue weighted by Gasteiger charge is -2.19. The maximum atomic E-state index is 12.6. The smallest absolute Gasteiger partial charge is 0.479 e. The van der Waals surface area contributed by atoms with Crippen molar-refractivity contribution in [2.45, 2.75) is 18.5 Å². The van der Waals surface area contributed by atoms with E-state index in [9.17, 15) is 36.6 Å². The van der Waals surface area contributed by atoms with Gasteiger partial charge in [0.05, 0.1) is 0 Å². The zero-order valence-corrected chi connectivity index (χ0v) is 17.2. The first-order valence-electron chi connectivity index (χ1n) is 8.56. The summed E-state index contributed by atoms with van der Waals surface area (Å²) in [5.74, 6) is -2.06. The molecule has 3 aromatic carbocycles. The summed E-state index contributed by atoms with van der Waals surface area (Å²) in [6, 6.07) is 11.1. The molecule has 1 atom stereocenters. The fourth-order valence-corrected chi connectivity index (χ4v) is 3.75. The van der Waals surface area contributed by atoms with Gasteiger partial charge in [-0.25, -0.2) is 4.79 Å². The van der Waals surface area contributed by atoms with Gasteiger partial charge in [0.25, 0.3) is 0 Å². The van der Waals surface area contributed by atoms with Crippen molar-refractivity contribution in [1.29, 1.82) is 0 Å². The molecule has 0 saturated heterocycles. The predicted molar refractivity (Wildman–Crippen MR) is 107 cm³/mol. The highest BCUT2D eigenvalue weighted by atomic mass is 35.5. The number of hydrogen-bond acceptors (Lipinski definition) is 5. The third-order valence-corrected chi connectivity index (χ3v) is 5.72. The second kappa shape index (κ2) is 8.03. The van der Waals surface area contributed by atoms with Gasteiger partial charge in [0.2, 0.25) is 0 Å². The second-order valence-electron chi connectivity index (χ2n) is 6.60. The summed E-state index contributed by atoms with van der Waals surface area (Å²) in [6.45, 7) is 1.51. The Bertz CT molecular complexity index is 1270. The molecular weight excluding hydrogens is 461 g/mol. The van der Waals surface area contributed by atoms with Crippen LogP contribution in [0.25, 0.3) is 21.9 Å². The number of aliphatic carboxylic acids is 1. The van der Waals surface area contributed by atoms with E-state index in [1.165, 1.54) is 19.1 Å². The van der Waals surface area contributed by atoms with Crippen molar-refractivity contribution in [3.05, 3.63) is 64.7 Å². The maximum Gasteiger partial charge on any atom is 0.534 e. The summed E-state index contributed by atoms with van der Waals surface area (Å²) in [7, 11) is -5.86. The molecular formula is C20H14ClF3O6S. The lowest BCUT2D eigenvalue weighted by molar-refractivity contribution is -0.146. The lowest BCUT2D eigenvalue weighted by atomic mass is 9.87. The van der Waals surface area contributed by atoms with Gasteiger partial charge in [0.1, 0.15) is 5.75 Å². The molecule has 0 aromatic heterocycles. The number of rotatable bonds is 5. The van der Waals surface area contributed by atoms with Gasteiger partial charge in [-0.3, -0.25) is 0 Å². The van der Waals surface area contributed by atoms with Gasteiger partial charge in [-0.2, -0.15) is 21.6 Å². The average molecular weight is 475 g/mol. The van der Waals surface area contributed by atoms with Gasteiger partial charge in [-0.1, -0.05) is 35.9 Å². The molecule has 0 saturated carbocycles. The molecule has 1 unspecified atom stereocenters. The first-order chi connectivity index (χ1) is 14.3. The maximum absolute atomic E-state index is 12.6. The van der Waals surface area contributed by atoms with Crippen LogP contribution in [0.3, 0.4) is 0 Å². The molecule has 0 aliphatic rings. The summed E-state index contributed by atoms with van der Waals surface area (Å²) in [6.07, 6.45) is -1.88. The van der Waals surface area contributed by atoms with E-state index in [1.807, 2.05) is 0 Å². The van der Waals surface area contributed by atoms with Crippen LogP contribution in [0, 0.1) is 6.92 Å². The molecule has 3 aromatic rings. The molecule has 0 bridgehead atoms. The minimum Gasteiger partial charge on any atom is -0.479 e. The number of aliphatic hydroxyl groups is 1. The molecule has 11 heteroatoms. The van der Waals surface area contributed by atoms with Crippen molar-refractivity contribution in [3.63, 3.8) is 0 Å². The van der Waals surface area contributed by atoms with Gasteiger partial charge >= 0.3 is 21.6 Å². The van der Waals surface area contributed by atoms with Crippen molar-refractivity contribution in [2.75, 3.05) is 0 Å². The molecule has 31 heavy (non-hydrogen) atoms. The summed E-state index contributed by atoms with van der Waals surface area (Å²) < 4.78 is 64.7. The van der Waals surface area contributed by atoms with Gasteiger partial charge < -0.3 is 14.4 Å². The fraction of sp³-hybridized carbons (Fsp3) is 0.150. The number of carboxylic acids is 1. The van der Waals surface area contributed by atoms with Crippen LogP contribution >= 0.6 is 11.6 Å². The number of carbonyl (C=O) groups is 1. The first-order valence-corrected chi connectivity index (χ1v) is 10.4. The number of fused-ring (bicyclic) bond motifs is 1. The molecule has 6 nitrogen and oxygen atoms in total. The molecule has 0 aliphatic heterocycles. The van der Waals surface area contributed by atoms with E-state index < -0.39 is 33.4 Å². The topological polar surface area (TPSA) is 101 Å². The monoisotopic (exact) mass is 474 g/mol. The number of hydrogen-bond donors (Lipinski definition) is 2. The van der Waals surface area contributed by atoms with Crippen molar-refractivity contribution < 1.29 is 40.8 Å². The normalized spacial score (nSPS) is 13.2. The van der Waals surface area contributed by atoms with Crippen LogP contribution in [-0.4, -0.2) is 30.1 Å². The average Bonchev–Trinajstić information content (AvgIpc) is 2.65. The van der Waals surface area contributed by atoms with Crippen molar-refractivity contribution in [3.8, 4) is 16.9 Å². The highest BCUT2D eigenvalue weighted by Gasteiger charge is 2.48. The molecule has 0 radical (unpaired) electrons. The minimum absolute atomic E-state index is 0.0823. The highest BCUT2D eigenvalue weighted by Crippen LogP contribution is 2.40. The molecule has 0 fully saturated rings. The van der Waals surface area contributed by atoms with Crippen molar-refractivity contribution in [2.24, 2.45) is 0 Å². The second-order valence-corrected chi connectivity index (χ2v) is 8.57. The summed E-state index contributed by atoms with van der Waals surface area (Å²) in [4.78, 5) is 11.5. The number of aliphatic hydroxyl groups excluding tert-OH is 1. The van der Waals surface area contributed by atoms with Crippen LogP contribution in [-0.2, 0) is 14.9 Å². The molecule has 2 N–H and O–H groups in total. The third kappa shape index (κ3) is 4.46. The van der Waals surface area contributed by atoms with Gasteiger partial charge in [-0.15, -0.1) is 0 Å². The van der Waals surface area contributed by atoms with E-state index in [4.69, 9.17) is 11.6 Å². The number of carboxylic acid groups (broad SMARTS) is 1. The SMILES string of the molecule is Cc1cc2cc(OS(=O)(=O)C(F)(F)F)ccc2c(-c2ccc(Cl)cc2)c1C(O)C(=O)O. The van der Waals surface area contributed by atoms with Crippen LogP contribution in [0.1, 0.15) is 17.2 Å². The predicted octanol–water partition coefficient (Wildman–Crippen LogP) is 4.82. The Labute approximate surface area is 179 Å². The van der Waals surface area contributed by atoms with E-state index >= 15 is 0 Å². The first kappa shape index (κ1) is 22.9. The van der Waals surface area contributed by atoms with Gasteiger partial charge in [0.15, 0.2) is 6.10 Å². The van der Waals surface area contributed by atoms with E-state index in [0.29, 0.717) is 27.1 Å². The molecule has 3 rings (SSSR count). The van der Waals surface area contributed by atoms with E-state index in [0.717, 1.165) is 12.1 Å². The number of benzene rings is 3. The van der Waals surface area contributed by atoms with Crippen LogP contribution < -0.4 is 4.18 Å². The Hall–Kier alpha value is -2.82. The van der Waals surface area contributed by atoms with Gasteiger partial charge in [-0.05, 0) is 58.7 Å². The molecule has 0 aliphatic carbocycles. The van der Waals surface area contributed by atoms with Crippen LogP contribution in [0.2, 0.25) is 5.02 Å². The van der Waals surface area contributed by atoms with Gasteiger partial charge in [0, 0.05) is 10.6 Å². The highest BCUT2D eigenvalue weighted by molar-refractivity contribution is 7.88. The third-order valence-electron chi connectivity index (χ3n) is 4.49. The largest absolute Gasteiger partial charge is 0.534 e. The lowest BCUT2D eigenvalue weighted by Crippen LogP contribution is -2.28. The summed E-state index contributed by atoms with van der Waals surface area (Å²) in [5, 5.41) is 20.7. The summed E-state index contributed by atoms with van der Waals surface area (Å²) in [5.41, 5.74) is -4.39. The number of alkyl halides is 3. The zero-order valence-electron chi connectivity index (χ0n) is 15.6. The Balaban J connectivity index is 2.28. The van der Waals surface area contributed by atoms with E-state index in [-0.39, 0.29) is 10.9 Å². The minimum atomic E-state index is -5.86. The Morgan fingerprint density at radius 2 is 1.71 bits per heavy atom. The van der Waals surface area contributed by atoms with Crippen LogP contribution in [0.5, 0.6) is 5.75 Å². The molecule has 0 heterocycles. The standard InChI is InChI=1S/C20H14ClF3O6S/c1-10-8-12-9-14(30-31(28,29)20(22,23)24)6-7-15(12)17(16(10)18(25)19(26)27)11-2-4-13(21)5-3-11/h2-9,18,25H,1H3,(H,26,27). The van der Waals surface area contributed by atoms with Crippen molar-refractivity contribution >= 4 is 38.5 Å². The van der Waals surface area contributed by atoms with E-state index in [1.54, 1.807) is 24.3 Å². The Morgan fingerprint density at radius 1 is 1.10 bits per heavy atom. The van der Waals surface area contributed by atoms with E-state index in [2.05, 4.69) is 4.18 Å². The van der Waals surface area contributed by atoms with Crippen LogP contribution in [0.15, 0.2) is 48.5 Å². The Kier molecular flexibility index (Phi) is 5.92. The summed E-state index contributed by atoms with van der Waals surface area (Å²) >= 11 is 5.91. The number of halogens is 4. The molecule has 0 spiro atoms. The zero-order chi connectivity index (χ0) is 23.1. The number of aryl methyl sites for hydroxylation is 1. The quantitative estimate of drug-likeness (QED) is 0.406. The molecule has 0 amide bonds. The van der Waals surface area contributed by atoms with Crippen LogP contribution in [0.4, 0.5) is 13.2 Å².